The Labute approximate surface area is 64.5 Å². The molecule has 10 heavy (non-hydrogen) atoms. The molecule has 0 saturated carbocycles. The van der Waals surface area contributed by atoms with Crippen molar-refractivity contribution in [3.05, 3.63) is 0 Å². The van der Waals surface area contributed by atoms with Crippen LogP contribution in [0.1, 0.15) is 20.8 Å². The molecule has 0 aliphatic rings. The Hall–Kier alpha value is 0.0400. The molecule has 0 radical (unpaired) electrons. The fourth-order valence-electron chi connectivity index (χ4n) is 0.293. The number of hydrogen-bond acceptors (Lipinski definition) is 1. The van der Waals surface area contributed by atoms with Crippen molar-refractivity contribution in [2.24, 2.45) is 5.41 Å². The lowest BCUT2D eigenvalue weighted by Gasteiger charge is -2.22. The summed E-state index contributed by atoms with van der Waals surface area (Å²) in [5.41, 5.74) is -1.01. The Morgan fingerprint density at radius 2 is 1.50 bits per heavy atom. The molecule has 0 aromatic carbocycles. The summed E-state index contributed by atoms with van der Waals surface area (Å²) in [5, 5.41) is -1.42. The Kier molecular flexibility index (Phi) is 5.12. The second-order valence-corrected chi connectivity index (χ2v) is 2.96. The third-order valence-electron chi connectivity index (χ3n) is 0.886. The molecule has 0 bridgehead atoms. The van der Waals surface area contributed by atoms with Crippen LogP contribution in [0.15, 0.2) is 0 Å². The van der Waals surface area contributed by atoms with Crippen molar-refractivity contribution in [3.63, 3.8) is 0 Å². The zero-order chi connectivity index (χ0) is 7.65. The molecule has 0 N–H and O–H groups in total. The van der Waals surface area contributed by atoms with Gasteiger partial charge >= 0.3 is 0 Å². The van der Waals surface area contributed by atoms with Gasteiger partial charge < -0.3 is 0 Å². The topological polar surface area (TPSA) is 3.24 Å². The normalized spacial score (nSPS) is 14.7. The fraction of sp³-hybridized carbons (Fsp3) is 1.00. The highest BCUT2D eigenvalue weighted by molar-refractivity contribution is 5.85. The summed E-state index contributed by atoms with van der Waals surface area (Å²) in [7, 11) is 0. The van der Waals surface area contributed by atoms with Crippen LogP contribution in [0.2, 0.25) is 0 Å². The van der Waals surface area contributed by atoms with Crippen molar-refractivity contribution in [2.75, 3.05) is 0 Å². The van der Waals surface area contributed by atoms with E-state index in [9.17, 15) is 13.4 Å². The summed E-state index contributed by atoms with van der Waals surface area (Å²) in [6, 6.07) is 0. The van der Waals surface area contributed by atoms with E-state index >= 15 is 0 Å². The largest absolute Gasteiger partial charge is 0.224 e. The molecule has 1 unspecified atom stereocenters. The van der Waals surface area contributed by atoms with Crippen LogP contribution in [0.3, 0.4) is 0 Å². The number of alkyl halides is 1. The molecule has 0 rings (SSSR count). The van der Waals surface area contributed by atoms with Crippen molar-refractivity contribution < 1.29 is 13.4 Å². The average molecular weight is 178 g/mol. The van der Waals surface area contributed by atoms with Crippen molar-refractivity contribution in [3.8, 4) is 0 Å². The summed E-state index contributed by atoms with van der Waals surface area (Å²) >= 11 is 0. The van der Waals surface area contributed by atoms with Crippen molar-refractivity contribution in [1.82, 2.24) is 5.34 Å². The van der Waals surface area contributed by atoms with Gasteiger partial charge in [0.15, 0.2) is 0 Å². The molecule has 0 fully saturated rings. The minimum Gasteiger partial charge on any atom is -0.224 e. The van der Waals surface area contributed by atoms with Gasteiger partial charge in [-0.3, -0.25) is 0 Å². The first-order valence-electron chi connectivity index (χ1n) is 2.60. The molecule has 0 aromatic rings. The highest BCUT2D eigenvalue weighted by Crippen LogP contribution is 2.25. The first kappa shape index (κ1) is 12.7. The van der Waals surface area contributed by atoms with Crippen molar-refractivity contribution in [2.45, 2.75) is 27.1 Å². The summed E-state index contributed by atoms with van der Waals surface area (Å²) in [4.78, 5) is 0. The SMILES string of the molecule is CC(C)(C)C(F)N(F)F.Cl. The second-order valence-electron chi connectivity index (χ2n) is 2.96. The van der Waals surface area contributed by atoms with Gasteiger partial charge in [0, 0.05) is 5.41 Å². The van der Waals surface area contributed by atoms with Gasteiger partial charge in [-0.15, -0.1) is 12.4 Å². The number of nitrogens with zero attached hydrogens (tertiary/aromatic N) is 1. The molecule has 0 amide bonds. The molecule has 0 heterocycles. The molecule has 64 valence electrons. The number of hydrogen-bond donors (Lipinski definition) is 0. The van der Waals surface area contributed by atoms with E-state index in [0.717, 1.165) is 0 Å². The lowest BCUT2D eigenvalue weighted by Crippen LogP contribution is -2.30. The maximum absolute atomic E-state index is 12.2. The van der Waals surface area contributed by atoms with E-state index in [4.69, 9.17) is 0 Å². The minimum absolute atomic E-state index is 0. The first-order chi connectivity index (χ1) is 3.85. The van der Waals surface area contributed by atoms with Crippen LogP contribution in [0.4, 0.5) is 13.4 Å². The van der Waals surface area contributed by atoms with Gasteiger partial charge in [0.2, 0.25) is 6.30 Å². The lowest BCUT2D eigenvalue weighted by atomic mass is 9.96. The number of halogens is 4. The quantitative estimate of drug-likeness (QED) is 0.440. The summed E-state index contributed by atoms with van der Waals surface area (Å²) in [5.74, 6) is 0. The zero-order valence-corrected chi connectivity index (χ0v) is 6.88. The molecule has 0 saturated heterocycles. The Balaban J connectivity index is 0. The van der Waals surface area contributed by atoms with Crippen LogP contribution in [-0.2, 0) is 0 Å². The van der Waals surface area contributed by atoms with E-state index in [-0.39, 0.29) is 12.4 Å². The maximum Gasteiger partial charge on any atom is 0.217 e. The maximum atomic E-state index is 12.2. The van der Waals surface area contributed by atoms with Crippen LogP contribution in [0.5, 0.6) is 0 Å². The molecule has 0 aliphatic carbocycles. The Bertz CT molecular complexity index is 91.4. The Morgan fingerprint density at radius 1 is 1.20 bits per heavy atom. The van der Waals surface area contributed by atoms with E-state index in [0.29, 0.717) is 0 Å². The molecular formula is C5H11ClF3N. The van der Waals surface area contributed by atoms with E-state index in [1.54, 1.807) is 0 Å². The molecular weight excluding hydrogens is 167 g/mol. The van der Waals surface area contributed by atoms with Gasteiger partial charge in [0.05, 0.1) is 5.34 Å². The fourth-order valence-corrected chi connectivity index (χ4v) is 0.293. The van der Waals surface area contributed by atoms with E-state index < -0.39 is 17.1 Å². The van der Waals surface area contributed by atoms with Crippen LogP contribution in [0.25, 0.3) is 0 Å². The lowest BCUT2D eigenvalue weighted by molar-refractivity contribution is -0.250. The van der Waals surface area contributed by atoms with E-state index in [1.807, 2.05) is 0 Å². The van der Waals surface area contributed by atoms with Crippen molar-refractivity contribution in [1.29, 1.82) is 0 Å². The van der Waals surface area contributed by atoms with Gasteiger partial charge in [-0.2, -0.15) is 0 Å². The average Bonchev–Trinajstić information content (AvgIpc) is 1.62. The van der Waals surface area contributed by atoms with Gasteiger partial charge in [-0.05, 0) is 0 Å². The van der Waals surface area contributed by atoms with Gasteiger partial charge in [-0.1, -0.05) is 29.7 Å². The second kappa shape index (κ2) is 4.03. The van der Waals surface area contributed by atoms with Crippen LogP contribution in [0, 0.1) is 5.41 Å². The molecule has 0 aliphatic heterocycles. The molecule has 1 nitrogen and oxygen atoms in total. The predicted molar refractivity (Wildman–Crippen MR) is 35.7 cm³/mol. The summed E-state index contributed by atoms with van der Waals surface area (Å²) in [6.45, 7) is 4.22. The molecule has 0 spiro atoms. The third kappa shape index (κ3) is 3.95. The van der Waals surface area contributed by atoms with E-state index in [2.05, 4.69) is 0 Å². The van der Waals surface area contributed by atoms with Gasteiger partial charge in [0.25, 0.3) is 0 Å². The standard InChI is InChI=1S/C5H10F3N.ClH/c1-5(2,3)4(6)9(7)8;/h4H,1-3H3;1H. The third-order valence-corrected chi connectivity index (χ3v) is 0.886. The molecule has 5 heteroatoms. The van der Waals surface area contributed by atoms with Gasteiger partial charge in [-0.25, -0.2) is 4.39 Å². The monoisotopic (exact) mass is 177 g/mol. The summed E-state index contributed by atoms with van der Waals surface area (Å²) in [6.07, 6.45) is -2.18. The smallest absolute Gasteiger partial charge is 0.217 e. The summed E-state index contributed by atoms with van der Waals surface area (Å²) < 4.78 is 35.0. The minimum atomic E-state index is -2.18. The van der Waals surface area contributed by atoms with Crippen molar-refractivity contribution >= 4 is 12.4 Å². The van der Waals surface area contributed by atoms with Crippen LogP contribution < -0.4 is 0 Å². The van der Waals surface area contributed by atoms with Gasteiger partial charge in [0.1, 0.15) is 0 Å². The van der Waals surface area contributed by atoms with E-state index in [1.165, 1.54) is 20.8 Å². The molecule has 1 atom stereocenters. The highest BCUT2D eigenvalue weighted by Gasteiger charge is 2.31. The van der Waals surface area contributed by atoms with Crippen LogP contribution >= 0.6 is 12.4 Å². The highest BCUT2D eigenvalue weighted by atomic mass is 35.5. The van der Waals surface area contributed by atoms with Crippen LogP contribution in [-0.4, -0.2) is 11.6 Å². The first-order valence-corrected chi connectivity index (χ1v) is 2.60. The zero-order valence-electron chi connectivity index (χ0n) is 6.07. The Morgan fingerprint density at radius 3 is 1.50 bits per heavy atom. The number of rotatable bonds is 1. The predicted octanol–water partition coefficient (Wildman–Crippen LogP) is 2.82. The molecule has 0 aromatic heterocycles.